The number of nitrogens with zero attached hydrogens (tertiary/aromatic N) is 4. The third kappa shape index (κ3) is 10.1. The molecule has 0 aliphatic carbocycles. The SMILES string of the molecule is BrB(Br)Br.COc1cc(Br)cc(Nc2cccc(CO)n2)c1C=N.OCc1cccc(-n2ncc3c(O)cc(Br)cc32)n1. The van der Waals surface area contributed by atoms with Crippen LogP contribution in [-0.4, -0.2) is 51.6 Å². The maximum absolute atomic E-state index is 9.87. The summed E-state index contributed by atoms with van der Waals surface area (Å²) < 4.78 is 8.75. The summed E-state index contributed by atoms with van der Waals surface area (Å²) in [6.07, 6.45) is 2.81. The lowest BCUT2D eigenvalue weighted by Gasteiger charge is -2.13. The Morgan fingerprint density at radius 1 is 0.953 bits per heavy atom. The third-order valence-electron chi connectivity index (χ3n) is 5.51. The fourth-order valence-corrected chi connectivity index (χ4v) is 4.59. The quantitative estimate of drug-likeness (QED) is 0.0828. The second kappa shape index (κ2) is 17.2. The number of phenols is 1. The van der Waals surface area contributed by atoms with Gasteiger partial charge in [-0.1, -0.05) is 44.0 Å². The van der Waals surface area contributed by atoms with Crippen LogP contribution in [0.2, 0.25) is 0 Å². The van der Waals surface area contributed by atoms with Crippen LogP contribution in [0.5, 0.6) is 11.5 Å². The molecule has 43 heavy (non-hydrogen) atoms. The van der Waals surface area contributed by atoms with Crippen LogP contribution in [0.4, 0.5) is 11.5 Å². The maximum Gasteiger partial charge on any atom is 0.369 e. The van der Waals surface area contributed by atoms with Gasteiger partial charge in [-0.05, 0) is 48.5 Å². The van der Waals surface area contributed by atoms with Gasteiger partial charge in [-0.25, -0.2) is 14.6 Å². The van der Waals surface area contributed by atoms with Crippen LogP contribution < -0.4 is 10.1 Å². The number of aromatic hydroxyl groups is 1. The normalized spacial score (nSPS) is 10.2. The van der Waals surface area contributed by atoms with Gasteiger partial charge in [0.2, 0.25) is 0 Å². The van der Waals surface area contributed by atoms with Crippen LogP contribution in [0.3, 0.4) is 0 Å². The lowest BCUT2D eigenvalue weighted by Crippen LogP contribution is -2.01. The smallest absolute Gasteiger partial charge is 0.369 e. The molecule has 0 fully saturated rings. The number of phenolic OH excluding ortho intramolecular Hbond substituents is 1. The molecule has 3 heterocycles. The van der Waals surface area contributed by atoms with Crippen LogP contribution >= 0.6 is 79.1 Å². The fraction of sp³-hybridized carbons (Fsp3) is 0.111. The van der Waals surface area contributed by atoms with Gasteiger partial charge < -0.3 is 30.8 Å². The highest BCUT2D eigenvalue weighted by atomic mass is 79.9. The molecule has 0 saturated carbocycles. The van der Waals surface area contributed by atoms with E-state index in [1.807, 2.05) is 12.1 Å². The molecule has 16 heteroatoms. The largest absolute Gasteiger partial charge is 0.507 e. The first kappa shape index (κ1) is 35.1. The Hall–Kier alpha value is -2.34. The van der Waals surface area contributed by atoms with Crippen LogP contribution in [0.15, 0.2) is 75.8 Å². The standard InChI is InChI=1S/C14H14BrN3O2.C13H10BrN3O2.BBr3/c1-20-13-6-9(15)5-12(11(13)7-16)18-14-4-2-3-10(8-19)17-14;14-8-4-11-10(12(19)5-8)6-15-17(11)13-3-1-2-9(7-18)16-13;2-1(3)4/h2-7,16,19H,8H2,1H3,(H,17,18);1-6,18-19H,7H2;. The number of hydrogen-bond acceptors (Lipinski definition) is 9. The van der Waals surface area contributed by atoms with E-state index in [4.69, 9.17) is 20.4 Å². The summed E-state index contributed by atoms with van der Waals surface area (Å²) in [6.45, 7) is -0.239. The van der Waals surface area contributed by atoms with Crippen LogP contribution in [0, 0.1) is 5.41 Å². The van der Waals surface area contributed by atoms with E-state index in [0.29, 0.717) is 45.4 Å². The number of ether oxygens (including phenoxy) is 1. The van der Waals surface area contributed by atoms with E-state index in [1.165, 1.54) is 6.21 Å². The van der Waals surface area contributed by atoms with Gasteiger partial charge in [0.05, 0.1) is 60.1 Å². The first-order valence-corrected chi connectivity index (χ1v) is 16.5. The van der Waals surface area contributed by atoms with Gasteiger partial charge in [0.15, 0.2) is 5.82 Å². The molecule has 10 nitrogen and oxygen atoms in total. The second-order valence-electron chi connectivity index (χ2n) is 8.32. The molecule has 0 unspecified atom stereocenters. The molecule has 0 atom stereocenters. The van der Waals surface area contributed by atoms with Crippen molar-refractivity contribution >= 4 is 111 Å². The van der Waals surface area contributed by atoms with Crippen molar-refractivity contribution in [3.05, 3.63) is 92.8 Å². The number of methoxy groups -OCH3 is 1. The molecule has 0 aliphatic heterocycles. The zero-order valence-electron chi connectivity index (χ0n) is 22.3. The molecule has 5 rings (SSSR count). The lowest BCUT2D eigenvalue weighted by atomic mass is 10.1. The van der Waals surface area contributed by atoms with Crippen molar-refractivity contribution in [3.8, 4) is 17.3 Å². The van der Waals surface area contributed by atoms with E-state index in [-0.39, 0.29) is 22.1 Å². The summed E-state index contributed by atoms with van der Waals surface area (Å²) in [6, 6.07) is 17.8. The number of hydrogen-bond donors (Lipinski definition) is 5. The Kier molecular flexibility index (Phi) is 14.1. The van der Waals surface area contributed by atoms with Gasteiger partial charge in [-0.3, -0.25) is 0 Å². The number of aliphatic hydroxyl groups excluding tert-OH is 2. The minimum Gasteiger partial charge on any atom is -0.507 e. The molecule has 224 valence electrons. The van der Waals surface area contributed by atoms with Crippen molar-refractivity contribution in [1.29, 1.82) is 5.41 Å². The van der Waals surface area contributed by atoms with E-state index in [0.717, 1.165) is 14.5 Å². The molecule has 5 N–H and O–H groups in total. The van der Waals surface area contributed by atoms with Gasteiger partial charge >= 0.3 is 3.18 Å². The van der Waals surface area contributed by atoms with Gasteiger partial charge in [0, 0.05) is 15.2 Å². The highest BCUT2D eigenvalue weighted by Crippen LogP contribution is 2.32. The Morgan fingerprint density at radius 3 is 2.21 bits per heavy atom. The van der Waals surface area contributed by atoms with Crippen LogP contribution in [0.25, 0.3) is 16.7 Å². The van der Waals surface area contributed by atoms with Crippen molar-refractivity contribution in [3.63, 3.8) is 0 Å². The van der Waals surface area contributed by atoms with Crippen molar-refractivity contribution in [2.24, 2.45) is 0 Å². The molecular formula is C27H24BBr5N6O4. The Balaban J connectivity index is 0.000000210. The van der Waals surface area contributed by atoms with Gasteiger partial charge in [0.1, 0.15) is 17.3 Å². The summed E-state index contributed by atoms with van der Waals surface area (Å²) in [4.78, 5) is 8.55. The zero-order chi connectivity index (χ0) is 31.5. The minimum atomic E-state index is -0.123. The topological polar surface area (TPSA) is 149 Å². The molecule has 0 spiro atoms. The first-order valence-electron chi connectivity index (χ1n) is 12.2. The molecule has 5 aromatic rings. The monoisotopic (exact) mass is 902 g/mol. The van der Waals surface area contributed by atoms with Crippen molar-refractivity contribution < 1.29 is 20.1 Å². The average Bonchev–Trinajstić information content (AvgIpc) is 3.41. The number of nitrogens with one attached hydrogen (secondary N) is 2. The van der Waals surface area contributed by atoms with Gasteiger partial charge in [-0.2, -0.15) is 5.10 Å². The summed E-state index contributed by atoms with van der Waals surface area (Å²) in [5, 5.41) is 43.6. The number of aromatic nitrogens is 4. The van der Waals surface area contributed by atoms with Crippen LogP contribution in [0.1, 0.15) is 17.0 Å². The second-order valence-corrected chi connectivity index (χ2v) is 16.6. The van der Waals surface area contributed by atoms with E-state index in [2.05, 4.69) is 99.5 Å². The van der Waals surface area contributed by atoms with E-state index in [9.17, 15) is 5.11 Å². The average molecular weight is 907 g/mol. The number of fused-ring (bicyclic) bond motifs is 1. The lowest BCUT2D eigenvalue weighted by molar-refractivity contribution is 0.276. The van der Waals surface area contributed by atoms with E-state index >= 15 is 0 Å². The molecular weight excluding hydrogens is 883 g/mol. The van der Waals surface area contributed by atoms with Gasteiger partial charge in [-0.15, -0.1) is 47.3 Å². The number of aliphatic hydroxyl groups is 2. The van der Waals surface area contributed by atoms with Gasteiger partial charge in [0.25, 0.3) is 0 Å². The first-order chi connectivity index (χ1) is 20.6. The molecule has 0 radical (unpaired) electrons. The molecule has 2 aromatic carbocycles. The number of halogens is 5. The molecule has 0 amide bonds. The number of pyridine rings is 2. The van der Waals surface area contributed by atoms with Crippen molar-refractivity contribution in [2.75, 3.05) is 12.4 Å². The van der Waals surface area contributed by atoms with E-state index in [1.54, 1.807) is 66.5 Å². The van der Waals surface area contributed by atoms with Crippen LogP contribution in [-0.2, 0) is 13.2 Å². The molecule has 3 aromatic heterocycles. The Labute approximate surface area is 289 Å². The molecule has 0 bridgehead atoms. The zero-order valence-corrected chi connectivity index (χ0v) is 30.3. The number of rotatable bonds is 7. The summed E-state index contributed by atoms with van der Waals surface area (Å²) in [7, 11) is 1.56. The minimum absolute atomic E-state index is 0.116. The highest BCUT2D eigenvalue weighted by molar-refractivity contribution is 9.69. The van der Waals surface area contributed by atoms with Crippen molar-refractivity contribution in [1.82, 2.24) is 19.7 Å². The Bertz CT molecular complexity index is 1690. The third-order valence-corrected chi connectivity index (χ3v) is 6.42. The Morgan fingerprint density at radius 2 is 1.58 bits per heavy atom. The summed E-state index contributed by atoms with van der Waals surface area (Å²) >= 11 is 16.1. The predicted molar refractivity (Wildman–Crippen MR) is 189 cm³/mol. The van der Waals surface area contributed by atoms with E-state index < -0.39 is 0 Å². The predicted octanol–water partition coefficient (Wildman–Crippen LogP) is 7.62. The molecule has 0 aliphatic rings. The fourth-order valence-electron chi connectivity index (χ4n) is 3.72. The summed E-state index contributed by atoms with van der Waals surface area (Å²) in [5.41, 5.74) is 3.23. The maximum atomic E-state index is 9.87. The summed E-state index contributed by atoms with van der Waals surface area (Å²) in [5.74, 6) is 1.95. The number of anilines is 2. The highest BCUT2D eigenvalue weighted by Gasteiger charge is 2.12. The molecule has 0 saturated heterocycles. The van der Waals surface area contributed by atoms with Crippen molar-refractivity contribution in [2.45, 2.75) is 13.2 Å². The number of benzene rings is 2.